The molecule has 0 saturated heterocycles. The van der Waals surface area contributed by atoms with Gasteiger partial charge in [-0.3, -0.25) is 0 Å². The Hall–Kier alpha value is -1.65. The Kier molecular flexibility index (Phi) is 4.93. The van der Waals surface area contributed by atoms with E-state index in [0.29, 0.717) is 23.1 Å². The van der Waals surface area contributed by atoms with Crippen LogP contribution in [0.4, 0.5) is 0 Å². The zero-order chi connectivity index (χ0) is 14.5. The number of hydrogen-bond acceptors (Lipinski definition) is 4. The third-order valence-electron chi connectivity index (χ3n) is 2.96. The van der Waals surface area contributed by atoms with E-state index in [2.05, 4.69) is 12.2 Å². The minimum absolute atomic E-state index is 0.442. The molecular formula is C15H18ClNO3. The van der Waals surface area contributed by atoms with E-state index in [1.165, 1.54) is 0 Å². The number of rotatable bonds is 6. The van der Waals surface area contributed by atoms with E-state index in [0.717, 1.165) is 23.6 Å². The molecule has 2 rings (SSSR count). The highest BCUT2D eigenvalue weighted by Crippen LogP contribution is 2.42. The van der Waals surface area contributed by atoms with E-state index < -0.39 is 0 Å². The lowest BCUT2D eigenvalue weighted by Crippen LogP contribution is -2.10. The van der Waals surface area contributed by atoms with E-state index in [4.69, 9.17) is 25.5 Å². The summed E-state index contributed by atoms with van der Waals surface area (Å²) in [6.07, 6.45) is 0. The van der Waals surface area contributed by atoms with E-state index in [9.17, 15) is 0 Å². The zero-order valence-corrected chi connectivity index (χ0v) is 12.6. The molecule has 0 saturated carbocycles. The average Bonchev–Trinajstić information content (AvgIpc) is 2.93. The third kappa shape index (κ3) is 2.92. The highest BCUT2D eigenvalue weighted by atomic mass is 35.5. The van der Waals surface area contributed by atoms with Gasteiger partial charge in [-0.15, -0.1) is 0 Å². The fourth-order valence-corrected chi connectivity index (χ4v) is 2.27. The number of benzene rings is 1. The van der Waals surface area contributed by atoms with Crippen molar-refractivity contribution in [2.75, 3.05) is 20.8 Å². The molecule has 0 unspecified atom stereocenters. The number of ether oxygens (including phenoxy) is 2. The van der Waals surface area contributed by atoms with Gasteiger partial charge in [0.25, 0.3) is 0 Å². The van der Waals surface area contributed by atoms with Gasteiger partial charge in [0.05, 0.1) is 26.3 Å². The van der Waals surface area contributed by atoms with Crippen molar-refractivity contribution >= 4 is 11.6 Å². The summed E-state index contributed by atoms with van der Waals surface area (Å²) >= 11 is 6.25. The van der Waals surface area contributed by atoms with Crippen LogP contribution in [0.5, 0.6) is 11.5 Å². The number of methoxy groups -OCH3 is 2. The highest BCUT2D eigenvalue weighted by molar-refractivity contribution is 6.34. The topological polar surface area (TPSA) is 43.6 Å². The summed E-state index contributed by atoms with van der Waals surface area (Å²) < 4.78 is 16.4. The third-order valence-corrected chi connectivity index (χ3v) is 3.32. The SMILES string of the molecule is CCNCc1ccc(-c2ccc(OC)c(Cl)c2OC)o1. The minimum atomic E-state index is 0.442. The molecule has 108 valence electrons. The van der Waals surface area contributed by atoms with Crippen LogP contribution >= 0.6 is 11.6 Å². The predicted octanol–water partition coefficient (Wildman–Crippen LogP) is 3.73. The molecule has 2 aromatic rings. The Labute approximate surface area is 123 Å². The van der Waals surface area contributed by atoms with Crippen LogP contribution in [-0.4, -0.2) is 20.8 Å². The molecule has 0 spiro atoms. The lowest BCUT2D eigenvalue weighted by molar-refractivity contribution is 0.394. The average molecular weight is 296 g/mol. The van der Waals surface area contributed by atoms with Crippen molar-refractivity contribution in [2.24, 2.45) is 0 Å². The molecule has 0 aliphatic rings. The van der Waals surface area contributed by atoms with Gasteiger partial charge in [-0.05, 0) is 30.8 Å². The Balaban J connectivity index is 2.37. The second kappa shape index (κ2) is 6.68. The molecule has 0 radical (unpaired) electrons. The van der Waals surface area contributed by atoms with Gasteiger partial charge in [-0.2, -0.15) is 0 Å². The monoisotopic (exact) mass is 295 g/mol. The minimum Gasteiger partial charge on any atom is -0.495 e. The second-order valence-corrected chi connectivity index (χ2v) is 4.59. The maximum absolute atomic E-state index is 6.25. The fourth-order valence-electron chi connectivity index (χ4n) is 1.96. The molecule has 20 heavy (non-hydrogen) atoms. The summed E-state index contributed by atoms with van der Waals surface area (Å²) in [6.45, 7) is 3.65. The first kappa shape index (κ1) is 14.8. The van der Waals surface area contributed by atoms with E-state index in [1.807, 2.05) is 18.2 Å². The van der Waals surface area contributed by atoms with Gasteiger partial charge in [0.2, 0.25) is 0 Å². The molecule has 4 nitrogen and oxygen atoms in total. The van der Waals surface area contributed by atoms with Gasteiger partial charge in [-0.25, -0.2) is 0 Å². The molecule has 0 amide bonds. The molecule has 1 N–H and O–H groups in total. The van der Waals surface area contributed by atoms with Crippen molar-refractivity contribution in [2.45, 2.75) is 13.5 Å². The molecule has 1 aromatic carbocycles. The van der Waals surface area contributed by atoms with Crippen molar-refractivity contribution in [1.29, 1.82) is 0 Å². The standard InChI is InChI=1S/C15H18ClNO3/c1-4-17-9-10-5-7-12(20-10)11-6-8-13(18-2)14(16)15(11)19-3/h5-8,17H,4,9H2,1-3H3. The molecule has 0 fully saturated rings. The Morgan fingerprint density at radius 2 is 1.95 bits per heavy atom. The fraction of sp³-hybridized carbons (Fsp3) is 0.333. The summed E-state index contributed by atoms with van der Waals surface area (Å²) in [5.41, 5.74) is 0.807. The molecule has 1 heterocycles. The first-order chi connectivity index (χ1) is 9.71. The van der Waals surface area contributed by atoms with Gasteiger partial charge < -0.3 is 19.2 Å². The van der Waals surface area contributed by atoms with Crippen LogP contribution in [0.3, 0.4) is 0 Å². The number of halogens is 1. The number of nitrogens with one attached hydrogen (secondary N) is 1. The largest absolute Gasteiger partial charge is 0.495 e. The van der Waals surface area contributed by atoms with E-state index >= 15 is 0 Å². The molecule has 0 atom stereocenters. The van der Waals surface area contributed by atoms with Gasteiger partial charge in [-0.1, -0.05) is 18.5 Å². The van der Waals surface area contributed by atoms with Crippen LogP contribution in [0, 0.1) is 0 Å². The Morgan fingerprint density at radius 3 is 2.60 bits per heavy atom. The summed E-state index contributed by atoms with van der Waals surface area (Å²) in [6, 6.07) is 7.52. The molecular weight excluding hydrogens is 278 g/mol. The summed E-state index contributed by atoms with van der Waals surface area (Å²) in [5, 5.41) is 3.66. The molecule has 1 aromatic heterocycles. The van der Waals surface area contributed by atoms with Gasteiger partial charge >= 0.3 is 0 Å². The first-order valence-electron chi connectivity index (χ1n) is 6.41. The zero-order valence-electron chi connectivity index (χ0n) is 11.8. The van der Waals surface area contributed by atoms with Gasteiger partial charge in [0, 0.05) is 0 Å². The van der Waals surface area contributed by atoms with Crippen LogP contribution in [-0.2, 0) is 6.54 Å². The van der Waals surface area contributed by atoms with Crippen molar-refractivity contribution in [3.05, 3.63) is 35.0 Å². The lowest BCUT2D eigenvalue weighted by atomic mass is 10.1. The van der Waals surface area contributed by atoms with Crippen LogP contribution in [0.2, 0.25) is 5.02 Å². The first-order valence-corrected chi connectivity index (χ1v) is 6.79. The lowest BCUT2D eigenvalue weighted by Gasteiger charge is -2.11. The summed E-state index contributed by atoms with van der Waals surface area (Å²) in [7, 11) is 3.15. The van der Waals surface area contributed by atoms with Crippen molar-refractivity contribution < 1.29 is 13.9 Å². The van der Waals surface area contributed by atoms with Gasteiger partial charge in [0.1, 0.15) is 22.3 Å². The summed E-state index contributed by atoms with van der Waals surface area (Å²) in [5.74, 6) is 2.72. The predicted molar refractivity (Wildman–Crippen MR) is 79.6 cm³/mol. The maximum atomic E-state index is 6.25. The van der Waals surface area contributed by atoms with E-state index in [1.54, 1.807) is 20.3 Å². The van der Waals surface area contributed by atoms with Crippen LogP contribution in [0.1, 0.15) is 12.7 Å². The maximum Gasteiger partial charge on any atom is 0.152 e. The Bertz CT molecular complexity index is 580. The smallest absolute Gasteiger partial charge is 0.152 e. The highest BCUT2D eigenvalue weighted by Gasteiger charge is 2.16. The van der Waals surface area contributed by atoms with Crippen LogP contribution < -0.4 is 14.8 Å². The second-order valence-electron chi connectivity index (χ2n) is 4.21. The number of furan rings is 1. The van der Waals surface area contributed by atoms with Gasteiger partial charge in [0.15, 0.2) is 5.75 Å². The molecule has 0 aliphatic carbocycles. The van der Waals surface area contributed by atoms with Crippen molar-refractivity contribution in [3.8, 4) is 22.8 Å². The Morgan fingerprint density at radius 1 is 1.15 bits per heavy atom. The molecule has 0 aliphatic heterocycles. The normalized spacial score (nSPS) is 10.6. The summed E-state index contributed by atoms with van der Waals surface area (Å²) in [4.78, 5) is 0. The van der Waals surface area contributed by atoms with E-state index in [-0.39, 0.29) is 0 Å². The molecule has 0 bridgehead atoms. The number of hydrogen-bond donors (Lipinski definition) is 1. The van der Waals surface area contributed by atoms with Crippen molar-refractivity contribution in [1.82, 2.24) is 5.32 Å². The quantitative estimate of drug-likeness (QED) is 0.882. The molecule has 5 heteroatoms. The van der Waals surface area contributed by atoms with Crippen LogP contribution in [0.15, 0.2) is 28.7 Å². The van der Waals surface area contributed by atoms with Crippen LogP contribution in [0.25, 0.3) is 11.3 Å². The van der Waals surface area contributed by atoms with Crippen molar-refractivity contribution in [3.63, 3.8) is 0 Å².